The first-order chi connectivity index (χ1) is 11.2. The van der Waals surface area contributed by atoms with E-state index in [0.29, 0.717) is 11.5 Å². The number of nitrogens with one attached hydrogen (secondary N) is 1. The second-order valence-electron chi connectivity index (χ2n) is 5.25. The van der Waals surface area contributed by atoms with E-state index in [1.54, 1.807) is 6.20 Å². The molecule has 4 rings (SSSR count). The molecule has 0 saturated carbocycles. The average molecular weight is 306 g/mol. The molecule has 4 aromatic rings. The number of hydrogen-bond acceptors (Lipinski definition) is 4. The number of aromatic nitrogens is 5. The van der Waals surface area contributed by atoms with Crippen molar-refractivity contribution >= 4 is 17.2 Å². The normalized spacial score (nSPS) is 11.2. The van der Waals surface area contributed by atoms with Crippen molar-refractivity contribution in [3.63, 3.8) is 0 Å². The first kappa shape index (κ1) is 13.4. The molecule has 4 aromatic heterocycles. The van der Waals surface area contributed by atoms with Gasteiger partial charge in [0.1, 0.15) is 11.3 Å². The lowest BCUT2D eigenvalue weighted by Crippen LogP contribution is -2.24. The molecule has 0 bridgehead atoms. The molecule has 0 fully saturated rings. The van der Waals surface area contributed by atoms with Crippen LogP contribution in [0.15, 0.2) is 48.8 Å². The number of carbonyl (C=O) groups is 1. The van der Waals surface area contributed by atoms with Crippen LogP contribution in [0.2, 0.25) is 0 Å². The summed E-state index contributed by atoms with van der Waals surface area (Å²) in [6.45, 7) is 2.26. The molecule has 0 spiro atoms. The van der Waals surface area contributed by atoms with Crippen molar-refractivity contribution in [1.29, 1.82) is 0 Å². The van der Waals surface area contributed by atoms with Crippen molar-refractivity contribution in [3.8, 4) is 0 Å². The standard InChI is InChI=1S/C16H14N6O/c1-11-5-4-7-13-18-12(10-22(11)13)16(23)17-9-15-20-19-14-6-2-3-8-21(14)15/h2-8,10H,9H2,1H3,(H,17,23). The molecule has 0 unspecified atom stereocenters. The van der Waals surface area contributed by atoms with Gasteiger partial charge in [0, 0.05) is 18.1 Å². The molecular formula is C16H14N6O. The summed E-state index contributed by atoms with van der Waals surface area (Å²) in [7, 11) is 0. The summed E-state index contributed by atoms with van der Waals surface area (Å²) in [5.41, 5.74) is 2.91. The van der Waals surface area contributed by atoms with Crippen molar-refractivity contribution in [2.45, 2.75) is 13.5 Å². The summed E-state index contributed by atoms with van der Waals surface area (Å²) in [6.07, 6.45) is 3.60. The van der Waals surface area contributed by atoms with Crippen LogP contribution < -0.4 is 5.32 Å². The highest BCUT2D eigenvalue weighted by Crippen LogP contribution is 2.09. The van der Waals surface area contributed by atoms with Crippen molar-refractivity contribution in [1.82, 2.24) is 29.3 Å². The maximum atomic E-state index is 12.3. The van der Waals surface area contributed by atoms with Gasteiger partial charge in [-0.05, 0) is 31.2 Å². The van der Waals surface area contributed by atoms with Gasteiger partial charge in [-0.1, -0.05) is 12.1 Å². The van der Waals surface area contributed by atoms with Crippen LogP contribution in [0, 0.1) is 6.92 Å². The van der Waals surface area contributed by atoms with Crippen LogP contribution >= 0.6 is 0 Å². The van der Waals surface area contributed by atoms with E-state index in [0.717, 1.165) is 17.0 Å². The molecule has 1 amide bonds. The van der Waals surface area contributed by atoms with E-state index < -0.39 is 0 Å². The Labute approximate surface area is 131 Å². The Kier molecular flexibility index (Phi) is 3.04. The molecule has 0 saturated heterocycles. The zero-order valence-corrected chi connectivity index (χ0v) is 12.5. The molecule has 0 aliphatic rings. The predicted octanol–water partition coefficient (Wildman–Crippen LogP) is 1.62. The Morgan fingerprint density at radius 2 is 1.96 bits per heavy atom. The highest BCUT2D eigenvalue weighted by atomic mass is 16.1. The number of nitrogens with zero attached hydrogens (tertiary/aromatic N) is 5. The van der Waals surface area contributed by atoms with Crippen LogP contribution in [0.3, 0.4) is 0 Å². The maximum Gasteiger partial charge on any atom is 0.271 e. The van der Waals surface area contributed by atoms with Gasteiger partial charge in [-0.15, -0.1) is 10.2 Å². The van der Waals surface area contributed by atoms with Crippen molar-refractivity contribution in [2.24, 2.45) is 0 Å². The molecule has 0 radical (unpaired) electrons. The van der Waals surface area contributed by atoms with Crippen LogP contribution in [0.1, 0.15) is 22.0 Å². The molecule has 0 atom stereocenters. The third kappa shape index (κ3) is 2.32. The number of imidazole rings is 1. The highest BCUT2D eigenvalue weighted by molar-refractivity contribution is 5.92. The molecule has 23 heavy (non-hydrogen) atoms. The summed E-state index contributed by atoms with van der Waals surface area (Å²) in [5.74, 6) is 0.440. The van der Waals surface area contributed by atoms with E-state index >= 15 is 0 Å². The molecule has 7 heteroatoms. The number of fused-ring (bicyclic) bond motifs is 2. The van der Waals surface area contributed by atoms with Crippen LogP contribution in [-0.4, -0.2) is 29.9 Å². The second-order valence-corrected chi connectivity index (χ2v) is 5.25. The molecule has 0 aliphatic carbocycles. The molecule has 0 aromatic carbocycles. The van der Waals surface area contributed by atoms with E-state index in [9.17, 15) is 4.79 Å². The maximum absolute atomic E-state index is 12.3. The number of aryl methyl sites for hydroxylation is 1. The van der Waals surface area contributed by atoms with Gasteiger partial charge in [-0.25, -0.2) is 4.98 Å². The third-order valence-electron chi connectivity index (χ3n) is 3.72. The quantitative estimate of drug-likeness (QED) is 0.624. The SMILES string of the molecule is Cc1cccc2nc(C(=O)NCc3nnc4ccccn34)cn12. The van der Waals surface area contributed by atoms with Gasteiger partial charge in [-0.3, -0.25) is 9.20 Å². The molecule has 114 valence electrons. The van der Waals surface area contributed by atoms with Gasteiger partial charge in [-0.2, -0.15) is 0 Å². The monoisotopic (exact) mass is 306 g/mol. The topological polar surface area (TPSA) is 76.6 Å². The van der Waals surface area contributed by atoms with Crippen LogP contribution in [0.5, 0.6) is 0 Å². The summed E-state index contributed by atoms with van der Waals surface area (Å²) in [4.78, 5) is 16.7. The fourth-order valence-electron chi connectivity index (χ4n) is 2.52. The zero-order valence-electron chi connectivity index (χ0n) is 12.5. The summed E-state index contributed by atoms with van der Waals surface area (Å²) in [5, 5.41) is 11.0. The number of amides is 1. The van der Waals surface area contributed by atoms with Gasteiger partial charge in [0.05, 0.1) is 6.54 Å². The lowest BCUT2D eigenvalue weighted by atomic mass is 10.4. The highest BCUT2D eigenvalue weighted by Gasteiger charge is 2.12. The molecule has 4 heterocycles. The fourth-order valence-corrected chi connectivity index (χ4v) is 2.52. The van der Waals surface area contributed by atoms with Crippen LogP contribution in [0.25, 0.3) is 11.3 Å². The van der Waals surface area contributed by atoms with E-state index in [-0.39, 0.29) is 12.5 Å². The van der Waals surface area contributed by atoms with Gasteiger partial charge in [0.25, 0.3) is 5.91 Å². The summed E-state index contributed by atoms with van der Waals surface area (Å²) >= 11 is 0. The van der Waals surface area contributed by atoms with Crippen molar-refractivity contribution in [3.05, 3.63) is 66.0 Å². The van der Waals surface area contributed by atoms with Gasteiger partial charge < -0.3 is 9.72 Å². The average Bonchev–Trinajstić information content (AvgIpc) is 3.17. The zero-order chi connectivity index (χ0) is 15.8. The molecule has 1 N–H and O–H groups in total. The Morgan fingerprint density at radius 1 is 1.09 bits per heavy atom. The van der Waals surface area contributed by atoms with Crippen LogP contribution in [-0.2, 0) is 6.54 Å². The minimum atomic E-state index is -0.235. The first-order valence-electron chi connectivity index (χ1n) is 7.24. The Morgan fingerprint density at radius 3 is 2.83 bits per heavy atom. The largest absolute Gasteiger partial charge is 0.343 e. The Bertz CT molecular complexity index is 1020. The lowest BCUT2D eigenvalue weighted by Gasteiger charge is -2.01. The summed E-state index contributed by atoms with van der Waals surface area (Å²) < 4.78 is 3.73. The number of rotatable bonds is 3. The molecule has 7 nitrogen and oxygen atoms in total. The number of pyridine rings is 2. The van der Waals surface area contributed by atoms with Crippen molar-refractivity contribution < 1.29 is 4.79 Å². The van der Waals surface area contributed by atoms with Crippen molar-refractivity contribution in [2.75, 3.05) is 0 Å². The molecule has 0 aliphatic heterocycles. The van der Waals surface area contributed by atoms with E-state index in [4.69, 9.17) is 0 Å². The second kappa shape index (κ2) is 5.20. The Hall–Kier alpha value is -3.22. The lowest BCUT2D eigenvalue weighted by molar-refractivity contribution is 0.0945. The fraction of sp³-hybridized carbons (Fsp3) is 0.125. The number of hydrogen-bond donors (Lipinski definition) is 1. The van der Waals surface area contributed by atoms with Gasteiger partial charge in [0.15, 0.2) is 11.5 Å². The number of carbonyl (C=O) groups excluding carboxylic acids is 1. The van der Waals surface area contributed by atoms with E-state index in [2.05, 4.69) is 20.5 Å². The first-order valence-corrected chi connectivity index (χ1v) is 7.24. The smallest absolute Gasteiger partial charge is 0.271 e. The third-order valence-corrected chi connectivity index (χ3v) is 3.72. The predicted molar refractivity (Wildman–Crippen MR) is 84.1 cm³/mol. The summed E-state index contributed by atoms with van der Waals surface area (Å²) in [6, 6.07) is 11.4. The minimum Gasteiger partial charge on any atom is -0.343 e. The van der Waals surface area contributed by atoms with Gasteiger partial charge in [0.2, 0.25) is 0 Å². The van der Waals surface area contributed by atoms with Crippen LogP contribution in [0.4, 0.5) is 0 Å². The van der Waals surface area contributed by atoms with E-state index in [1.165, 1.54) is 0 Å². The van der Waals surface area contributed by atoms with E-state index in [1.807, 2.05) is 58.3 Å². The molecular weight excluding hydrogens is 292 g/mol. The Balaban J connectivity index is 1.56. The van der Waals surface area contributed by atoms with Gasteiger partial charge >= 0.3 is 0 Å². The minimum absolute atomic E-state index is 0.235.